The number of esters is 1. The summed E-state index contributed by atoms with van der Waals surface area (Å²) in [7, 11) is 3.02. The van der Waals surface area contributed by atoms with Crippen LogP contribution < -0.4 is 14.9 Å². The first kappa shape index (κ1) is 18.7. The maximum Gasteiger partial charge on any atom is 0.337 e. The molecule has 30 heavy (non-hydrogen) atoms. The minimum atomic E-state index is -0.404. The largest absolute Gasteiger partial charge is 0.493 e. The molecule has 2 atom stereocenters. The van der Waals surface area contributed by atoms with Crippen LogP contribution in [0.25, 0.3) is 5.70 Å². The summed E-state index contributed by atoms with van der Waals surface area (Å²) in [6.45, 7) is 0. The summed E-state index contributed by atoms with van der Waals surface area (Å²) < 4.78 is 16.8. The molecule has 2 aliphatic heterocycles. The van der Waals surface area contributed by atoms with Crippen LogP contribution in [-0.2, 0) is 4.74 Å². The number of hydrogen-bond donors (Lipinski definition) is 1. The van der Waals surface area contributed by atoms with E-state index in [2.05, 4.69) is 34.0 Å². The lowest BCUT2D eigenvalue weighted by molar-refractivity contribution is -0.0342. The van der Waals surface area contributed by atoms with Crippen LogP contribution in [-0.4, -0.2) is 25.2 Å². The average Bonchev–Trinajstić information content (AvgIpc) is 3.47. The van der Waals surface area contributed by atoms with Crippen molar-refractivity contribution in [3.05, 3.63) is 87.6 Å². The number of hydrogen-bond acceptors (Lipinski definition) is 7. The van der Waals surface area contributed by atoms with Gasteiger partial charge in [0.05, 0.1) is 36.4 Å². The third-order valence-corrected chi connectivity index (χ3v) is 6.21. The number of carbonyl (C=O) groups is 1. The minimum Gasteiger partial charge on any atom is -0.493 e. The van der Waals surface area contributed by atoms with Crippen molar-refractivity contribution in [3.63, 3.8) is 0 Å². The Balaban J connectivity index is 1.57. The highest BCUT2D eigenvalue weighted by Gasteiger charge is 2.41. The van der Waals surface area contributed by atoms with Crippen LogP contribution in [0.1, 0.15) is 38.6 Å². The van der Waals surface area contributed by atoms with E-state index in [0.717, 1.165) is 27.5 Å². The number of nitrogens with one attached hydrogen (secondary N) is 1. The molecule has 2 aliphatic rings. The fourth-order valence-corrected chi connectivity index (χ4v) is 4.55. The van der Waals surface area contributed by atoms with Crippen molar-refractivity contribution < 1.29 is 19.0 Å². The number of para-hydroxylation sites is 1. The van der Waals surface area contributed by atoms with E-state index in [9.17, 15) is 4.79 Å². The topological polar surface area (TPSA) is 60.0 Å². The Kier molecular flexibility index (Phi) is 4.69. The van der Waals surface area contributed by atoms with Gasteiger partial charge in [0.1, 0.15) is 0 Å². The first-order valence-corrected chi connectivity index (χ1v) is 10.4. The number of carbonyl (C=O) groups excluding carboxylic acids is 1. The second-order valence-corrected chi connectivity index (χ2v) is 7.93. The Hall–Kier alpha value is -3.29. The van der Waals surface area contributed by atoms with Gasteiger partial charge in [0.15, 0.2) is 17.7 Å². The summed E-state index contributed by atoms with van der Waals surface area (Å²) in [5, 5.41) is 4.15. The van der Waals surface area contributed by atoms with Crippen LogP contribution >= 0.6 is 11.3 Å². The van der Waals surface area contributed by atoms with Gasteiger partial charge < -0.3 is 19.6 Å². The lowest BCUT2D eigenvalue weighted by Gasteiger charge is -2.39. The van der Waals surface area contributed by atoms with Crippen molar-refractivity contribution in [3.8, 4) is 11.5 Å². The molecule has 0 amide bonds. The highest BCUT2D eigenvalue weighted by molar-refractivity contribution is 7.11. The molecule has 0 saturated carbocycles. The maximum absolute atomic E-state index is 11.8. The van der Waals surface area contributed by atoms with Gasteiger partial charge in [-0.2, -0.15) is 5.01 Å². The van der Waals surface area contributed by atoms with E-state index in [4.69, 9.17) is 14.2 Å². The van der Waals surface area contributed by atoms with E-state index in [0.29, 0.717) is 11.3 Å². The lowest BCUT2D eigenvalue weighted by atomic mass is 10.0. The number of rotatable bonds is 4. The Morgan fingerprint density at radius 3 is 2.63 bits per heavy atom. The quantitative estimate of drug-likeness (QED) is 0.626. The van der Waals surface area contributed by atoms with Crippen molar-refractivity contribution >= 4 is 23.0 Å². The molecule has 0 spiro atoms. The Labute approximate surface area is 178 Å². The smallest absolute Gasteiger partial charge is 0.337 e. The van der Waals surface area contributed by atoms with Gasteiger partial charge in [-0.05, 0) is 35.7 Å². The molecular formula is C23H20N2O4S. The van der Waals surface area contributed by atoms with Crippen LogP contribution in [0.15, 0.2) is 66.1 Å². The van der Waals surface area contributed by atoms with Crippen molar-refractivity contribution in [1.82, 2.24) is 10.4 Å². The predicted octanol–water partition coefficient (Wildman–Crippen LogP) is 4.54. The van der Waals surface area contributed by atoms with Gasteiger partial charge in [-0.15, -0.1) is 11.3 Å². The molecule has 152 valence electrons. The zero-order valence-electron chi connectivity index (χ0n) is 16.5. The first-order chi connectivity index (χ1) is 14.7. The second kappa shape index (κ2) is 7.51. The third-order valence-electron chi connectivity index (χ3n) is 5.31. The first-order valence-electron chi connectivity index (χ1n) is 9.52. The van der Waals surface area contributed by atoms with Crippen molar-refractivity contribution in [2.75, 3.05) is 14.2 Å². The van der Waals surface area contributed by atoms with E-state index in [1.807, 2.05) is 30.3 Å². The molecule has 1 aromatic heterocycles. The van der Waals surface area contributed by atoms with Crippen LogP contribution in [0.3, 0.4) is 0 Å². The highest BCUT2D eigenvalue weighted by Crippen LogP contribution is 2.49. The van der Waals surface area contributed by atoms with Gasteiger partial charge in [0.2, 0.25) is 0 Å². The highest BCUT2D eigenvalue weighted by atomic mass is 32.1. The third kappa shape index (κ3) is 3.03. The van der Waals surface area contributed by atoms with Gasteiger partial charge in [-0.3, -0.25) is 0 Å². The molecule has 3 heterocycles. The average molecular weight is 420 g/mol. The number of nitrogens with zero attached hydrogens (tertiary/aromatic N) is 1. The van der Waals surface area contributed by atoms with Crippen LogP contribution in [0.2, 0.25) is 0 Å². The molecular weight excluding hydrogens is 400 g/mol. The monoisotopic (exact) mass is 420 g/mol. The molecule has 6 nitrogen and oxygen atoms in total. The van der Waals surface area contributed by atoms with Gasteiger partial charge in [0, 0.05) is 11.1 Å². The summed E-state index contributed by atoms with van der Waals surface area (Å²) in [6.07, 6.45) is 1.81. The van der Waals surface area contributed by atoms with Crippen molar-refractivity contribution in [2.24, 2.45) is 0 Å². The number of fused-ring (bicyclic) bond motifs is 3. The normalized spacial score (nSPS) is 19.7. The fourth-order valence-electron chi connectivity index (χ4n) is 3.85. The van der Waals surface area contributed by atoms with E-state index in [-0.39, 0.29) is 12.0 Å². The maximum atomic E-state index is 11.8. The molecule has 0 bridgehead atoms. The summed E-state index contributed by atoms with van der Waals surface area (Å²) in [5.41, 5.74) is 7.02. The van der Waals surface area contributed by atoms with Gasteiger partial charge in [0.25, 0.3) is 0 Å². The van der Waals surface area contributed by atoms with E-state index in [1.165, 1.54) is 7.11 Å². The van der Waals surface area contributed by atoms with Crippen molar-refractivity contribution in [1.29, 1.82) is 0 Å². The molecule has 7 heteroatoms. The van der Waals surface area contributed by atoms with Crippen molar-refractivity contribution in [2.45, 2.75) is 12.3 Å². The minimum absolute atomic E-state index is 0.0220. The van der Waals surface area contributed by atoms with Gasteiger partial charge in [-0.1, -0.05) is 30.3 Å². The van der Waals surface area contributed by atoms with E-state index in [1.54, 1.807) is 30.6 Å². The number of ether oxygens (including phenoxy) is 3. The fraction of sp³-hybridized carbons (Fsp3) is 0.174. The molecule has 0 saturated heterocycles. The lowest BCUT2D eigenvalue weighted by Crippen LogP contribution is -2.43. The van der Waals surface area contributed by atoms with Crippen LogP contribution in [0, 0.1) is 0 Å². The van der Waals surface area contributed by atoms with Gasteiger partial charge >= 0.3 is 5.97 Å². The zero-order valence-corrected chi connectivity index (χ0v) is 17.3. The molecule has 5 rings (SSSR count). The molecule has 1 N–H and O–H groups in total. The molecule has 0 fully saturated rings. The van der Waals surface area contributed by atoms with Gasteiger partial charge in [-0.25, -0.2) is 4.79 Å². The zero-order chi connectivity index (χ0) is 20.7. The Morgan fingerprint density at radius 1 is 1.10 bits per heavy atom. The predicted molar refractivity (Wildman–Crippen MR) is 114 cm³/mol. The molecule has 2 aromatic carbocycles. The SMILES string of the molecule is COC(=O)c1ccc(C2Oc3c(OC)cccc3C3C=C(c4cccs4)NN32)cc1. The number of hydrazine groups is 1. The summed E-state index contributed by atoms with van der Waals surface area (Å²) in [5.74, 6) is 1.06. The second-order valence-electron chi connectivity index (χ2n) is 6.98. The standard InChI is InChI=1S/C23H20N2O4S/c1-27-19-6-3-5-16-18-13-17(20-7-4-12-30-20)24-25(18)22(29-21(16)19)14-8-10-15(11-9-14)23(26)28-2/h3-13,18,22,24H,1-2H3. The summed E-state index contributed by atoms with van der Waals surface area (Å²) in [6, 6.07) is 17.3. The molecule has 0 aliphatic carbocycles. The number of methoxy groups -OCH3 is 2. The summed E-state index contributed by atoms with van der Waals surface area (Å²) in [4.78, 5) is 13.0. The number of benzene rings is 2. The molecule has 0 radical (unpaired) electrons. The number of thiophene rings is 1. The Bertz CT molecular complexity index is 1110. The summed E-state index contributed by atoms with van der Waals surface area (Å²) >= 11 is 1.68. The molecule has 2 unspecified atom stereocenters. The Morgan fingerprint density at radius 2 is 1.93 bits per heavy atom. The van der Waals surface area contributed by atoms with E-state index < -0.39 is 6.23 Å². The van der Waals surface area contributed by atoms with Crippen LogP contribution in [0.5, 0.6) is 11.5 Å². The van der Waals surface area contributed by atoms with Crippen LogP contribution in [0.4, 0.5) is 0 Å². The van der Waals surface area contributed by atoms with E-state index >= 15 is 0 Å². The molecule has 3 aromatic rings.